The van der Waals surface area contributed by atoms with Crippen molar-refractivity contribution in [2.24, 2.45) is 5.92 Å². The molecular weight excluding hydrogens is 490 g/mol. The zero-order chi connectivity index (χ0) is 25.4. The molecule has 0 saturated carbocycles. The van der Waals surface area contributed by atoms with Crippen molar-refractivity contribution in [1.82, 2.24) is 0 Å². The van der Waals surface area contributed by atoms with Gasteiger partial charge in [-0.05, 0) is 6.07 Å². The molecule has 2 aromatic rings. The van der Waals surface area contributed by atoms with Crippen LogP contribution >= 0.6 is 0 Å². The van der Waals surface area contributed by atoms with Crippen molar-refractivity contribution in [1.29, 1.82) is 0 Å². The molecule has 0 radical (unpaired) electrons. The highest BCUT2D eigenvalue weighted by Crippen LogP contribution is 2.38. The molecule has 3 rings (SSSR count). The Balaban J connectivity index is 1.89. The van der Waals surface area contributed by atoms with Crippen molar-refractivity contribution in [3.63, 3.8) is 0 Å². The van der Waals surface area contributed by atoms with Gasteiger partial charge in [0.25, 0.3) is 0 Å². The van der Waals surface area contributed by atoms with Crippen LogP contribution in [0.15, 0.2) is 30.3 Å². The largest absolute Gasteiger partial charge is 0.429 e. The minimum absolute atomic E-state index is 0.0363. The van der Waals surface area contributed by atoms with E-state index in [2.05, 4.69) is 4.74 Å². The minimum Gasteiger partial charge on any atom is -0.429 e. The maximum absolute atomic E-state index is 14.5. The lowest BCUT2D eigenvalue weighted by Gasteiger charge is -2.28. The molecule has 1 heterocycles. The first-order chi connectivity index (χ1) is 15.7. The Morgan fingerprint density at radius 2 is 1.50 bits per heavy atom. The van der Waals surface area contributed by atoms with E-state index in [-0.39, 0.29) is 31.3 Å². The molecule has 0 aliphatic carbocycles. The van der Waals surface area contributed by atoms with Crippen LogP contribution in [0.3, 0.4) is 0 Å². The Bertz CT molecular complexity index is 1070. The number of benzene rings is 2. The summed E-state index contributed by atoms with van der Waals surface area (Å²) in [6.07, 6.45) is -12.4. The van der Waals surface area contributed by atoms with Gasteiger partial charge >= 0.3 is 12.3 Å². The van der Waals surface area contributed by atoms with Crippen molar-refractivity contribution >= 4 is 5.83 Å². The lowest BCUT2D eigenvalue weighted by molar-refractivity contribution is -0.204. The third-order valence-electron chi connectivity index (χ3n) is 4.53. The minimum atomic E-state index is -5.26. The molecule has 13 heteroatoms. The summed E-state index contributed by atoms with van der Waals surface area (Å²) < 4.78 is 150. The summed E-state index contributed by atoms with van der Waals surface area (Å²) in [5.41, 5.74) is -3.96. The predicted molar refractivity (Wildman–Crippen MR) is 96.2 cm³/mol. The third-order valence-corrected chi connectivity index (χ3v) is 4.53. The molecule has 2 aromatic carbocycles. The van der Waals surface area contributed by atoms with E-state index in [1.807, 2.05) is 0 Å². The van der Waals surface area contributed by atoms with Crippen LogP contribution in [0.2, 0.25) is 0 Å². The first-order valence-corrected chi connectivity index (χ1v) is 9.42. The van der Waals surface area contributed by atoms with Gasteiger partial charge in [-0.1, -0.05) is 13.0 Å². The summed E-state index contributed by atoms with van der Waals surface area (Å²) in [5, 5.41) is 0. The van der Waals surface area contributed by atoms with Gasteiger partial charge in [0.2, 0.25) is 0 Å². The van der Waals surface area contributed by atoms with Crippen molar-refractivity contribution < 1.29 is 58.1 Å². The summed E-state index contributed by atoms with van der Waals surface area (Å²) in [6.45, 7) is 2.03. The maximum Gasteiger partial charge on any atom is 0.429 e. The molecule has 0 unspecified atom stereocenters. The van der Waals surface area contributed by atoms with Gasteiger partial charge in [-0.15, -0.1) is 0 Å². The van der Waals surface area contributed by atoms with E-state index in [9.17, 15) is 43.9 Å². The Hall–Kier alpha value is -2.80. The van der Waals surface area contributed by atoms with Gasteiger partial charge in [-0.2, -0.15) is 22.0 Å². The van der Waals surface area contributed by atoms with E-state index >= 15 is 0 Å². The van der Waals surface area contributed by atoms with Crippen molar-refractivity contribution in [3.05, 3.63) is 70.3 Å². The highest BCUT2D eigenvalue weighted by molar-refractivity contribution is 5.61. The summed E-state index contributed by atoms with van der Waals surface area (Å²) in [5.74, 6) is -11.5. The number of hydrogen-bond donors (Lipinski definition) is 0. The zero-order valence-electron chi connectivity index (χ0n) is 17.0. The van der Waals surface area contributed by atoms with E-state index in [0.29, 0.717) is 6.07 Å². The molecule has 0 aromatic heterocycles. The number of alkyl halides is 5. The first kappa shape index (κ1) is 25.8. The maximum atomic E-state index is 14.5. The fourth-order valence-electron chi connectivity index (χ4n) is 3.01. The average Bonchev–Trinajstić information content (AvgIpc) is 2.68. The molecule has 0 spiro atoms. The van der Waals surface area contributed by atoms with E-state index in [4.69, 9.17) is 9.47 Å². The quantitative estimate of drug-likeness (QED) is 0.414. The number of rotatable bonds is 5. The van der Waals surface area contributed by atoms with Gasteiger partial charge in [0.15, 0.2) is 17.9 Å². The van der Waals surface area contributed by atoms with Crippen molar-refractivity contribution in [2.75, 3.05) is 13.2 Å². The third kappa shape index (κ3) is 5.63. The van der Waals surface area contributed by atoms with Crippen LogP contribution in [0.4, 0.5) is 43.9 Å². The topological polar surface area (TPSA) is 27.7 Å². The van der Waals surface area contributed by atoms with Crippen LogP contribution in [-0.4, -0.2) is 19.4 Å². The van der Waals surface area contributed by atoms with Crippen LogP contribution in [0.5, 0.6) is 5.75 Å². The second-order valence-electron chi connectivity index (χ2n) is 7.35. The molecule has 3 nitrogen and oxygen atoms in total. The summed E-state index contributed by atoms with van der Waals surface area (Å²) >= 11 is 0. The lowest BCUT2D eigenvalue weighted by atomic mass is 10.1. The second-order valence-corrected chi connectivity index (χ2v) is 7.35. The SMILES string of the molecule is CC1COC(c2ccc(C(F)(F)Oc3cc(F)c(/C(F)=C/C(F)(F)F)c(F)c3)c(F)c2F)OC1. The first-order valence-electron chi connectivity index (χ1n) is 9.42. The Labute approximate surface area is 185 Å². The van der Waals surface area contributed by atoms with Gasteiger partial charge in [-0.3, -0.25) is 0 Å². The molecule has 0 atom stereocenters. The van der Waals surface area contributed by atoms with Crippen LogP contribution < -0.4 is 4.74 Å². The van der Waals surface area contributed by atoms with E-state index < -0.39 is 76.2 Å². The summed E-state index contributed by atoms with van der Waals surface area (Å²) in [6, 6.07) is 1.10. The molecule has 0 amide bonds. The van der Waals surface area contributed by atoms with E-state index in [0.717, 1.165) is 6.07 Å². The van der Waals surface area contributed by atoms with Crippen molar-refractivity contribution in [2.45, 2.75) is 25.5 Å². The molecule has 186 valence electrons. The van der Waals surface area contributed by atoms with E-state index in [1.165, 1.54) is 0 Å². The van der Waals surface area contributed by atoms with Crippen molar-refractivity contribution in [3.8, 4) is 5.75 Å². The molecule has 34 heavy (non-hydrogen) atoms. The zero-order valence-corrected chi connectivity index (χ0v) is 17.0. The Morgan fingerprint density at radius 3 is 2.03 bits per heavy atom. The molecule has 1 saturated heterocycles. The fourth-order valence-corrected chi connectivity index (χ4v) is 3.01. The van der Waals surface area contributed by atoms with Gasteiger partial charge in [0, 0.05) is 23.6 Å². The van der Waals surface area contributed by atoms with Gasteiger partial charge in [0.1, 0.15) is 28.8 Å². The summed E-state index contributed by atoms with van der Waals surface area (Å²) in [4.78, 5) is 0. The Morgan fingerprint density at radius 1 is 0.941 bits per heavy atom. The van der Waals surface area contributed by atoms with E-state index in [1.54, 1.807) is 6.92 Å². The number of halogens is 10. The molecular formula is C21H14F10O3. The van der Waals surface area contributed by atoms with Crippen LogP contribution in [0, 0.1) is 29.2 Å². The lowest BCUT2D eigenvalue weighted by Crippen LogP contribution is -2.27. The molecule has 1 aliphatic heterocycles. The van der Waals surface area contributed by atoms with Crippen LogP contribution in [0.25, 0.3) is 5.83 Å². The second kappa shape index (κ2) is 9.45. The van der Waals surface area contributed by atoms with Crippen LogP contribution in [0.1, 0.15) is 29.9 Å². The average molecular weight is 504 g/mol. The summed E-state index contributed by atoms with van der Waals surface area (Å²) in [7, 11) is 0. The predicted octanol–water partition coefficient (Wildman–Crippen LogP) is 6.93. The molecule has 0 N–H and O–H groups in total. The van der Waals surface area contributed by atoms with Gasteiger partial charge in [-0.25, -0.2) is 22.0 Å². The van der Waals surface area contributed by atoms with Gasteiger partial charge in [0.05, 0.1) is 24.9 Å². The van der Waals surface area contributed by atoms with Crippen LogP contribution in [-0.2, 0) is 15.6 Å². The number of allylic oxidation sites excluding steroid dienone is 1. The smallest absolute Gasteiger partial charge is 0.429 e. The fraction of sp³-hybridized carbons (Fsp3) is 0.333. The highest BCUT2D eigenvalue weighted by Gasteiger charge is 2.41. The Kier molecular flexibility index (Phi) is 7.18. The molecule has 0 bridgehead atoms. The standard InChI is InChI=1S/C21H14F10O3/c1-9-7-32-19(33-8-9)11-2-3-12(18(26)17(11)25)21(30,31)34-10-4-13(22)16(14(23)5-10)15(24)6-20(27,28)29/h2-6,9,19H,7-8H2,1H3/b15-6-. The van der Waals surface area contributed by atoms with Gasteiger partial charge < -0.3 is 14.2 Å². The normalized spacial score (nSPS) is 19.9. The number of ether oxygens (including phenoxy) is 3. The number of hydrogen-bond acceptors (Lipinski definition) is 3. The molecule has 1 aliphatic rings. The monoisotopic (exact) mass is 504 g/mol. The highest BCUT2D eigenvalue weighted by atomic mass is 19.4. The molecule has 1 fully saturated rings.